The lowest BCUT2D eigenvalue weighted by Crippen LogP contribution is -2.39. The SMILES string of the molecule is CCNC(=NCc1csc(N(C)C)n1)NCC(O)c1ccco1.I. The van der Waals surface area contributed by atoms with Gasteiger partial charge in [-0.25, -0.2) is 9.98 Å². The summed E-state index contributed by atoms with van der Waals surface area (Å²) in [4.78, 5) is 11.0. The van der Waals surface area contributed by atoms with Crippen LogP contribution in [0.3, 0.4) is 0 Å². The Morgan fingerprint density at radius 1 is 1.46 bits per heavy atom. The van der Waals surface area contributed by atoms with Crippen molar-refractivity contribution in [1.82, 2.24) is 15.6 Å². The Hall–Kier alpha value is -1.33. The van der Waals surface area contributed by atoms with E-state index in [4.69, 9.17) is 4.42 Å². The number of aliphatic hydroxyl groups is 1. The van der Waals surface area contributed by atoms with Crippen LogP contribution in [0.4, 0.5) is 5.13 Å². The van der Waals surface area contributed by atoms with Crippen molar-refractivity contribution in [1.29, 1.82) is 0 Å². The largest absolute Gasteiger partial charge is 0.467 e. The van der Waals surface area contributed by atoms with Crippen molar-refractivity contribution in [2.24, 2.45) is 4.99 Å². The van der Waals surface area contributed by atoms with E-state index in [0.717, 1.165) is 17.4 Å². The molecule has 0 aromatic carbocycles. The number of aliphatic hydroxyl groups excluding tert-OH is 1. The fraction of sp³-hybridized carbons (Fsp3) is 0.467. The molecule has 134 valence electrons. The van der Waals surface area contributed by atoms with Gasteiger partial charge in [-0.3, -0.25) is 0 Å². The molecule has 2 rings (SSSR count). The summed E-state index contributed by atoms with van der Waals surface area (Å²) < 4.78 is 5.18. The second-order valence-corrected chi connectivity index (χ2v) is 5.96. The summed E-state index contributed by atoms with van der Waals surface area (Å²) in [5.74, 6) is 1.17. The van der Waals surface area contributed by atoms with Gasteiger partial charge >= 0.3 is 0 Å². The van der Waals surface area contributed by atoms with Crippen LogP contribution < -0.4 is 15.5 Å². The van der Waals surface area contributed by atoms with Gasteiger partial charge in [0.05, 0.1) is 25.0 Å². The molecule has 9 heteroatoms. The molecule has 0 fully saturated rings. The van der Waals surface area contributed by atoms with Crippen LogP contribution in [-0.2, 0) is 6.54 Å². The molecular formula is C15H24IN5O2S. The molecule has 0 radical (unpaired) electrons. The number of nitrogens with one attached hydrogen (secondary N) is 2. The van der Waals surface area contributed by atoms with Crippen LogP contribution in [-0.4, -0.2) is 43.2 Å². The van der Waals surface area contributed by atoms with E-state index < -0.39 is 6.10 Å². The van der Waals surface area contributed by atoms with E-state index in [1.807, 2.05) is 31.3 Å². The molecule has 1 atom stereocenters. The van der Waals surface area contributed by atoms with Crippen LogP contribution in [0.15, 0.2) is 33.2 Å². The van der Waals surface area contributed by atoms with Crippen molar-refractivity contribution in [3.8, 4) is 0 Å². The van der Waals surface area contributed by atoms with Crippen LogP contribution in [0.1, 0.15) is 24.5 Å². The van der Waals surface area contributed by atoms with Gasteiger partial charge in [0.25, 0.3) is 0 Å². The number of hydrogen-bond donors (Lipinski definition) is 3. The quantitative estimate of drug-likeness (QED) is 0.330. The van der Waals surface area contributed by atoms with E-state index in [-0.39, 0.29) is 24.0 Å². The Kier molecular flexibility index (Phi) is 9.08. The average Bonchev–Trinajstić information content (AvgIpc) is 3.20. The van der Waals surface area contributed by atoms with Crippen molar-refractivity contribution in [3.05, 3.63) is 35.2 Å². The number of hydrogen-bond acceptors (Lipinski definition) is 6. The van der Waals surface area contributed by atoms with Crippen LogP contribution in [0.5, 0.6) is 0 Å². The van der Waals surface area contributed by atoms with E-state index in [1.54, 1.807) is 29.7 Å². The molecule has 0 amide bonds. The Balaban J connectivity index is 0.00000288. The first kappa shape index (κ1) is 20.7. The van der Waals surface area contributed by atoms with Gasteiger partial charge in [0.15, 0.2) is 11.1 Å². The molecule has 0 bridgehead atoms. The third-order valence-corrected chi connectivity index (χ3v) is 4.06. The van der Waals surface area contributed by atoms with Crippen LogP contribution in [0.2, 0.25) is 0 Å². The molecule has 3 N–H and O–H groups in total. The maximum absolute atomic E-state index is 10.0. The maximum Gasteiger partial charge on any atom is 0.191 e. The van der Waals surface area contributed by atoms with Crippen molar-refractivity contribution in [2.45, 2.75) is 19.6 Å². The van der Waals surface area contributed by atoms with Gasteiger partial charge in [-0.2, -0.15) is 0 Å². The predicted molar refractivity (Wildman–Crippen MR) is 108 cm³/mol. The fourth-order valence-electron chi connectivity index (χ4n) is 1.85. The molecule has 7 nitrogen and oxygen atoms in total. The number of rotatable bonds is 7. The molecular weight excluding hydrogens is 441 g/mol. The second kappa shape index (κ2) is 10.5. The van der Waals surface area contributed by atoms with Gasteiger partial charge in [0, 0.05) is 26.0 Å². The summed E-state index contributed by atoms with van der Waals surface area (Å²) in [6.07, 6.45) is 0.830. The molecule has 2 aromatic rings. The Bertz CT molecular complexity index is 615. The highest BCUT2D eigenvalue weighted by Crippen LogP contribution is 2.18. The van der Waals surface area contributed by atoms with Crippen molar-refractivity contribution < 1.29 is 9.52 Å². The zero-order chi connectivity index (χ0) is 16.7. The minimum atomic E-state index is -0.714. The Morgan fingerprint density at radius 3 is 2.83 bits per heavy atom. The van der Waals surface area contributed by atoms with E-state index in [0.29, 0.717) is 24.8 Å². The van der Waals surface area contributed by atoms with Crippen molar-refractivity contribution in [3.63, 3.8) is 0 Å². The highest BCUT2D eigenvalue weighted by atomic mass is 127. The minimum absolute atomic E-state index is 0. The van der Waals surface area contributed by atoms with Gasteiger partial charge < -0.3 is 25.1 Å². The number of aliphatic imine (C=N–C) groups is 1. The number of aromatic nitrogens is 1. The maximum atomic E-state index is 10.0. The molecule has 0 aliphatic carbocycles. The summed E-state index contributed by atoms with van der Waals surface area (Å²) in [6, 6.07) is 3.50. The van der Waals surface area contributed by atoms with E-state index in [2.05, 4.69) is 20.6 Å². The monoisotopic (exact) mass is 465 g/mol. The normalized spacial score (nSPS) is 12.4. The number of thiazole rings is 1. The smallest absolute Gasteiger partial charge is 0.191 e. The van der Waals surface area contributed by atoms with Crippen LogP contribution in [0, 0.1) is 0 Å². The van der Waals surface area contributed by atoms with E-state index in [1.165, 1.54) is 0 Å². The van der Waals surface area contributed by atoms with Gasteiger partial charge in [-0.05, 0) is 19.1 Å². The van der Waals surface area contributed by atoms with Gasteiger partial charge in [0.2, 0.25) is 0 Å². The number of guanidine groups is 1. The first-order valence-electron chi connectivity index (χ1n) is 7.45. The lowest BCUT2D eigenvalue weighted by Gasteiger charge is -2.13. The zero-order valence-corrected chi connectivity index (χ0v) is 17.2. The van der Waals surface area contributed by atoms with Crippen molar-refractivity contribution in [2.75, 3.05) is 32.1 Å². The van der Waals surface area contributed by atoms with E-state index >= 15 is 0 Å². The first-order valence-corrected chi connectivity index (χ1v) is 8.33. The molecule has 2 aromatic heterocycles. The standard InChI is InChI=1S/C15H23N5O2S.HI/c1-4-16-14(18-9-12(21)13-6-5-7-22-13)17-8-11-10-23-15(19-11)20(2)3;/h5-7,10,12,21H,4,8-9H2,1-3H3,(H2,16,17,18);1H. The molecule has 0 saturated heterocycles. The molecule has 0 aliphatic heterocycles. The lowest BCUT2D eigenvalue weighted by atomic mass is 10.3. The number of furan rings is 1. The Labute approximate surface area is 163 Å². The summed E-state index contributed by atoms with van der Waals surface area (Å²) in [5.41, 5.74) is 0.919. The third-order valence-electron chi connectivity index (χ3n) is 3.00. The van der Waals surface area contributed by atoms with E-state index in [9.17, 15) is 5.11 Å². The topological polar surface area (TPSA) is 85.9 Å². The van der Waals surface area contributed by atoms with Gasteiger partial charge in [-0.1, -0.05) is 0 Å². The molecule has 0 spiro atoms. The highest BCUT2D eigenvalue weighted by molar-refractivity contribution is 14.0. The second-order valence-electron chi connectivity index (χ2n) is 5.12. The summed E-state index contributed by atoms with van der Waals surface area (Å²) >= 11 is 1.59. The number of anilines is 1. The number of nitrogens with zero attached hydrogens (tertiary/aromatic N) is 3. The van der Waals surface area contributed by atoms with Crippen LogP contribution in [0.25, 0.3) is 0 Å². The molecule has 1 unspecified atom stereocenters. The van der Waals surface area contributed by atoms with Crippen LogP contribution >= 0.6 is 35.3 Å². The molecule has 2 heterocycles. The summed E-state index contributed by atoms with van der Waals surface area (Å²) in [5, 5.41) is 19.2. The Morgan fingerprint density at radius 2 is 2.25 bits per heavy atom. The number of halogens is 1. The molecule has 24 heavy (non-hydrogen) atoms. The third kappa shape index (κ3) is 6.29. The molecule has 0 aliphatic rings. The van der Waals surface area contributed by atoms with Gasteiger partial charge in [-0.15, -0.1) is 35.3 Å². The van der Waals surface area contributed by atoms with Gasteiger partial charge in [0.1, 0.15) is 11.9 Å². The average molecular weight is 465 g/mol. The van der Waals surface area contributed by atoms with Crippen molar-refractivity contribution >= 4 is 46.4 Å². The zero-order valence-electron chi connectivity index (χ0n) is 14.0. The fourth-order valence-corrected chi connectivity index (χ4v) is 2.60. The highest BCUT2D eigenvalue weighted by Gasteiger charge is 2.11. The lowest BCUT2D eigenvalue weighted by molar-refractivity contribution is 0.153. The minimum Gasteiger partial charge on any atom is -0.467 e. The predicted octanol–water partition coefficient (Wildman–Crippen LogP) is 2.21. The first-order chi connectivity index (χ1) is 11.1. The summed E-state index contributed by atoms with van der Waals surface area (Å²) in [6.45, 7) is 3.53. The molecule has 0 saturated carbocycles. The summed E-state index contributed by atoms with van der Waals surface area (Å²) in [7, 11) is 3.93.